The number of allylic oxidation sites excluding steroid dienone is 1. The van der Waals surface area contributed by atoms with E-state index >= 15 is 0 Å². The maximum absolute atomic E-state index is 4.33. The van der Waals surface area contributed by atoms with Crippen molar-refractivity contribution < 1.29 is 0 Å². The molecule has 0 radical (unpaired) electrons. The summed E-state index contributed by atoms with van der Waals surface area (Å²) in [5, 5.41) is 1.55. The predicted octanol–water partition coefficient (Wildman–Crippen LogP) is 4.08. The van der Waals surface area contributed by atoms with Gasteiger partial charge in [0, 0.05) is 0 Å². The summed E-state index contributed by atoms with van der Waals surface area (Å²) in [6.07, 6.45) is 4.11. The van der Waals surface area contributed by atoms with Crippen molar-refractivity contribution in [1.29, 1.82) is 0 Å². The van der Waals surface area contributed by atoms with Crippen LogP contribution >= 0.6 is 0 Å². The lowest BCUT2D eigenvalue weighted by molar-refractivity contribution is 0.191. The van der Waals surface area contributed by atoms with Gasteiger partial charge in [0.15, 0.2) is 0 Å². The van der Waals surface area contributed by atoms with Crippen molar-refractivity contribution in [3.63, 3.8) is 0 Å². The number of likely N-dealkylation sites (tertiary alicyclic amines) is 1. The summed E-state index contributed by atoms with van der Waals surface area (Å²) in [5.74, 6) is 0. The van der Waals surface area contributed by atoms with Crippen LogP contribution in [0, 0.1) is 0 Å². The van der Waals surface area contributed by atoms with Crippen LogP contribution in [0.1, 0.15) is 40.0 Å². The highest BCUT2D eigenvalue weighted by Crippen LogP contribution is 2.31. The third-order valence-electron chi connectivity index (χ3n) is 4.22. The second-order valence-electron chi connectivity index (χ2n) is 5.51. The van der Waals surface area contributed by atoms with Gasteiger partial charge in [-0.3, -0.25) is 0 Å². The number of rotatable bonds is 8. The zero-order valence-electron chi connectivity index (χ0n) is 11.5. The molecular formula is C14H29NSi. The van der Waals surface area contributed by atoms with E-state index in [1.165, 1.54) is 57.0 Å². The maximum atomic E-state index is 4.33. The van der Waals surface area contributed by atoms with Crippen LogP contribution in [0.5, 0.6) is 0 Å². The van der Waals surface area contributed by atoms with Crippen LogP contribution in [-0.4, -0.2) is 32.6 Å². The summed E-state index contributed by atoms with van der Waals surface area (Å²) >= 11 is 0. The Morgan fingerprint density at radius 3 is 2.00 bits per heavy atom. The Kier molecular flexibility index (Phi) is 5.77. The fraction of sp³-hybridized carbons (Fsp3) is 0.857. The highest BCUT2D eigenvalue weighted by Gasteiger charge is 2.32. The van der Waals surface area contributed by atoms with E-state index in [0.717, 1.165) is 0 Å². The monoisotopic (exact) mass is 239 g/mol. The summed E-state index contributed by atoms with van der Waals surface area (Å²) in [4.78, 5) is 2.62. The molecule has 0 bridgehead atoms. The van der Waals surface area contributed by atoms with Gasteiger partial charge < -0.3 is 4.90 Å². The smallest absolute Gasteiger partial charge is 0.0816 e. The minimum absolute atomic E-state index is 1.15. The van der Waals surface area contributed by atoms with E-state index in [0.29, 0.717) is 0 Å². The third-order valence-corrected chi connectivity index (χ3v) is 10.1. The van der Waals surface area contributed by atoms with Crippen LogP contribution in [0.15, 0.2) is 11.8 Å². The molecule has 16 heavy (non-hydrogen) atoms. The fourth-order valence-electron chi connectivity index (χ4n) is 2.95. The van der Waals surface area contributed by atoms with Crippen LogP contribution in [0.4, 0.5) is 0 Å². The maximum Gasteiger partial charge on any atom is 0.0816 e. The summed E-state index contributed by atoms with van der Waals surface area (Å²) in [6.45, 7) is 15.3. The van der Waals surface area contributed by atoms with Gasteiger partial charge in [-0.2, -0.15) is 0 Å². The van der Waals surface area contributed by atoms with E-state index in [1.807, 2.05) is 0 Å². The molecule has 0 unspecified atom stereocenters. The van der Waals surface area contributed by atoms with E-state index in [4.69, 9.17) is 0 Å². The van der Waals surface area contributed by atoms with Crippen molar-refractivity contribution in [1.82, 2.24) is 4.90 Å². The van der Waals surface area contributed by atoms with Gasteiger partial charge in [0.25, 0.3) is 0 Å². The normalized spacial score (nSPS) is 17.2. The Balaban J connectivity index is 2.54. The van der Waals surface area contributed by atoms with E-state index in [-0.39, 0.29) is 0 Å². The topological polar surface area (TPSA) is 3.24 Å². The molecule has 0 N–H and O–H groups in total. The zero-order chi connectivity index (χ0) is 12.0. The first-order valence-electron chi connectivity index (χ1n) is 7.03. The van der Waals surface area contributed by atoms with Crippen LogP contribution in [0.3, 0.4) is 0 Å². The van der Waals surface area contributed by atoms with Gasteiger partial charge in [-0.25, -0.2) is 0 Å². The Morgan fingerprint density at radius 2 is 1.69 bits per heavy atom. The van der Waals surface area contributed by atoms with Gasteiger partial charge in [-0.05, 0) is 39.0 Å². The molecule has 1 aliphatic rings. The molecular weight excluding hydrogens is 210 g/mol. The molecule has 1 nitrogen and oxygen atoms in total. The van der Waals surface area contributed by atoms with E-state index in [1.54, 1.807) is 5.20 Å². The highest BCUT2D eigenvalue weighted by molar-refractivity contribution is 6.86. The second-order valence-corrected chi connectivity index (χ2v) is 10.4. The van der Waals surface area contributed by atoms with Gasteiger partial charge in [0.2, 0.25) is 0 Å². The van der Waals surface area contributed by atoms with E-state index in [2.05, 4.69) is 32.3 Å². The van der Waals surface area contributed by atoms with Crippen LogP contribution in [0.2, 0.25) is 18.1 Å². The van der Waals surface area contributed by atoms with Gasteiger partial charge in [0.05, 0.1) is 8.07 Å². The second kappa shape index (κ2) is 6.60. The van der Waals surface area contributed by atoms with Crippen LogP contribution in [0.25, 0.3) is 0 Å². The summed E-state index contributed by atoms with van der Waals surface area (Å²) in [6, 6.07) is 4.39. The molecule has 0 atom stereocenters. The highest BCUT2D eigenvalue weighted by atomic mass is 28.3. The van der Waals surface area contributed by atoms with Crippen molar-refractivity contribution in [2.24, 2.45) is 0 Å². The Labute approximate surface area is 103 Å². The molecule has 1 heterocycles. The van der Waals surface area contributed by atoms with E-state index < -0.39 is 8.07 Å². The molecule has 0 aromatic rings. The summed E-state index contributed by atoms with van der Waals surface area (Å²) in [5.41, 5.74) is 0. The molecule has 1 rings (SSSR count). The minimum atomic E-state index is -1.15. The van der Waals surface area contributed by atoms with Crippen molar-refractivity contribution in [2.45, 2.75) is 58.2 Å². The van der Waals surface area contributed by atoms with E-state index in [9.17, 15) is 0 Å². The van der Waals surface area contributed by atoms with Crippen LogP contribution < -0.4 is 0 Å². The molecule has 1 saturated heterocycles. The Hall–Kier alpha value is -0.0831. The van der Waals surface area contributed by atoms with Gasteiger partial charge >= 0.3 is 0 Å². The summed E-state index contributed by atoms with van der Waals surface area (Å²) < 4.78 is 0. The van der Waals surface area contributed by atoms with Gasteiger partial charge in [-0.15, -0.1) is 6.58 Å². The Morgan fingerprint density at radius 1 is 1.12 bits per heavy atom. The van der Waals surface area contributed by atoms with Gasteiger partial charge in [-0.1, -0.05) is 44.0 Å². The lowest BCUT2D eigenvalue weighted by atomic mass is 10.2. The Bertz CT molecular complexity index is 215. The quantitative estimate of drug-likeness (QED) is 0.577. The largest absolute Gasteiger partial charge is 0.304 e. The molecule has 0 aromatic heterocycles. The SMILES string of the molecule is C=C(C)[Si](CCC)(CCC)CCN1CCC1. The zero-order valence-corrected chi connectivity index (χ0v) is 12.5. The molecule has 0 spiro atoms. The van der Waals surface area contributed by atoms with Crippen molar-refractivity contribution in [3.05, 3.63) is 11.8 Å². The number of hydrogen-bond donors (Lipinski definition) is 0. The lowest BCUT2D eigenvalue weighted by Gasteiger charge is -2.37. The average molecular weight is 239 g/mol. The number of hydrogen-bond acceptors (Lipinski definition) is 1. The molecule has 0 amide bonds. The van der Waals surface area contributed by atoms with Crippen molar-refractivity contribution >= 4 is 8.07 Å². The van der Waals surface area contributed by atoms with Gasteiger partial charge in [0.1, 0.15) is 0 Å². The molecule has 1 fully saturated rings. The fourth-order valence-corrected chi connectivity index (χ4v) is 7.64. The molecule has 0 aliphatic carbocycles. The molecule has 2 heteroatoms. The van der Waals surface area contributed by atoms with Crippen molar-refractivity contribution in [3.8, 4) is 0 Å². The minimum Gasteiger partial charge on any atom is -0.304 e. The third kappa shape index (κ3) is 3.46. The molecule has 0 saturated carbocycles. The number of nitrogens with zero attached hydrogens (tertiary/aromatic N) is 1. The first-order chi connectivity index (χ1) is 7.64. The summed E-state index contributed by atoms with van der Waals surface area (Å²) in [7, 11) is -1.15. The van der Waals surface area contributed by atoms with Crippen LogP contribution in [-0.2, 0) is 0 Å². The standard InChI is InChI=1S/C14H29NSi/c1-5-11-16(12-6-2,14(3)4)13-10-15-8-7-9-15/h3,5-13H2,1-2,4H3. The molecule has 94 valence electrons. The first kappa shape index (κ1) is 14.0. The van der Waals surface area contributed by atoms with Crippen molar-refractivity contribution in [2.75, 3.05) is 19.6 Å². The molecule has 1 aliphatic heterocycles. The first-order valence-corrected chi connectivity index (χ1v) is 9.65. The molecule has 0 aromatic carbocycles. The predicted molar refractivity (Wildman–Crippen MR) is 76.6 cm³/mol. The lowest BCUT2D eigenvalue weighted by Crippen LogP contribution is -2.44. The average Bonchev–Trinajstić information content (AvgIpc) is 2.15.